The first-order valence-electron chi connectivity index (χ1n) is 3.89. The van der Waals surface area contributed by atoms with E-state index >= 15 is 0 Å². The Morgan fingerprint density at radius 2 is 0.611 bits per heavy atom. The standard InChI is InChI=1S/C5H12.4Al.8O.Zr/c1-5(2,3)4;;;;;;;;;;;;;/h1-4H3;;;;;;;;;;;;;/q;;;;;;;;;4*-1;+4. The van der Waals surface area contributed by atoms with Crippen LogP contribution >= 0.6 is 0 Å². The van der Waals surface area contributed by atoms with Gasteiger partial charge in [0.1, 0.15) is 0 Å². The van der Waals surface area contributed by atoms with Crippen LogP contribution in [0.1, 0.15) is 27.7 Å². The Morgan fingerprint density at radius 3 is 0.611 bits per heavy atom. The first-order chi connectivity index (χ1) is 7.66. The zero-order valence-corrected chi connectivity index (χ0v) is 17.7. The predicted molar refractivity (Wildman–Crippen MR) is 50.9 cm³/mol. The summed E-state index contributed by atoms with van der Waals surface area (Å²) in [5, 5.41) is 0. The van der Waals surface area contributed by atoms with E-state index in [2.05, 4.69) is 27.7 Å². The van der Waals surface area contributed by atoms with E-state index in [4.69, 9.17) is 31.8 Å². The van der Waals surface area contributed by atoms with Gasteiger partial charge in [0, 0.05) is 0 Å². The normalized spacial score (nSPS) is 5.11. The summed E-state index contributed by atoms with van der Waals surface area (Å²) in [5.41, 5.74) is 0.500. The Labute approximate surface area is 151 Å². The van der Waals surface area contributed by atoms with Gasteiger partial charge < -0.3 is 0 Å². The molecule has 96 valence electrons. The van der Waals surface area contributed by atoms with Gasteiger partial charge in [0.2, 0.25) is 0 Å². The molecule has 0 radical (unpaired) electrons. The zero-order chi connectivity index (χ0) is 15.3. The van der Waals surface area contributed by atoms with Crippen LogP contribution in [-0.4, -0.2) is 61.9 Å². The van der Waals surface area contributed by atoms with Crippen LogP contribution in [0.5, 0.6) is 0 Å². The minimum atomic E-state index is -1.75. The maximum atomic E-state index is 8.46. The summed E-state index contributed by atoms with van der Waals surface area (Å²) in [6, 6.07) is 0. The summed E-state index contributed by atoms with van der Waals surface area (Å²) in [7, 11) is 0. The van der Waals surface area contributed by atoms with Gasteiger partial charge >= 0.3 is 120 Å². The molecule has 0 saturated heterocycles. The molecule has 13 heteroatoms. The van der Waals surface area contributed by atoms with Crippen LogP contribution in [0.15, 0.2) is 0 Å². The molecule has 0 aliphatic carbocycles. The van der Waals surface area contributed by atoms with E-state index in [9.17, 15) is 0 Å². The molecule has 0 aromatic rings. The van der Waals surface area contributed by atoms with Crippen molar-refractivity contribution in [3.05, 3.63) is 0 Å². The van der Waals surface area contributed by atoms with Crippen LogP contribution in [-0.2, 0) is 41.4 Å². The second-order valence-electron chi connectivity index (χ2n) is 3.38. The van der Waals surface area contributed by atoms with Gasteiger partial charge in [-0.25, -0.2) is 0 Å². The maximum Gasteiger partial charge on any atom is 4.00 e. The molecule has 0 saturated carbocycles. The fraction of sp³-hybridized carbons (Fsp3) is 1.00. The molecule has 0 aromatic carbocycles. The van der Waals surface area contributed by atoms with Crippen molar-refractivity contribution in [1.82, 2.24) is 0 Å². The number of hydrogen-bond acceptors (Lipinski definition) is 8. The topological polar surface area (TPSA) is 161 Å². The first-order valence-corrected chi connectivity index (χ1v) is 7.66. The molecule has 18 heavy (non-hydrogen) atoms. The van der Waals surface area contributed by atoms with Gasteiger partial charge in [0.25, 0.3) is 0 Å². The molecule has 0 spiro atoms. The molecule has 8 nitrogen and oxygen atoms in total. The molecule has 0 heterocycles. The van der Waals surface area contributed by atoms with E-state index < -0.39 is 61.9 Å². The molecule has 0 fully saturated rings. The molecule has 0 amide bonds. The van der Waals surface area contributed by atoms with E-state index in [0.29, 0.717) is 5.41 Å². The molecule has 0 atom stereocenters. The smallest absolute Gasteiger partial charge is 4.00 e. The third-order valence-corrected chi connectivity index (χ3v) is 0. The van der Waals surface area contributed by atoms with E-state index in [1.807, 2.05) is 0 Å². The molecule has 0 aromatic heterocycles. The average Bonchev–Trinajstić information content (AvgIpc) is 2.04. The largest absolute Gasteiger partial charge is 4.00 e. The Kier molecular flexibility index (Phi) is 87.1. The molecule has 0 N–H and O–H groups in total. The van der Waals surface area contributed by atoms with Crippen LogP contribution in [0.2, 0.25) is 0 Å². The number of hydrogen-bond donors (Lipinski definition) is 0. The van der Waals surface area contributed by atoms with Crippen molar-refractivity contribution in [3.63, 3.8) is 0 Å². The molecule has 0 bridgehead atoms. The van der Waals surface area contributed by atoms with Crippen molar-refractivity contribution >= 4 is 61.9 Å². The quantitative estimate of drug-likeness (QED) is 0.367. The van der Waals surface area contributed by atoms with Gasteiger partial charge in [-0.1, -0.05) is 27.7 Å². The van der Waals surface area contributed by atoms with Crippen molar-refractivity contribution < 1.29 is 58.0 Å². The Morgan fingerprint density at radius 1 is 0.611 bits per heavy atom. The molecule has 0 unspecified atom stereocenters. The molecular weight excluding hydrogens is 387 g/mol. The second kappa shape index (κ2) is 42.9. The predicted octanol–water partition coefficient (Wildman–Crippen LogP) is -4.70. The van der Waals surface area contributed by atoms with Gasteiger partial charge in [-0.15, -0.1) is 0 Å². The van der Waals surface area contributed by atoms with Crippen LogP contribution in [0.3, 0.4) is 0 Å². The Hall–Kier alpha value is 1.41. The fourth-order valence-corrected chi connectivity index (χ4v) is 0. The molecule has 0 aliphatic heterocycles. The van der Waals surface area contributed by atoms with E-state index in [1.165, 1.54) is 0 Å². The summed E-state index contributed by atoms with van der Waals surface area (Å²) in [4.78, 5) is 0. The van der Waals surface area contributed by atoms with E-state index in [1.54, 1.807) is 0 Å². The summed E-state index contributed by atoms with van der Waals surface area (Å²) in [5.74, 6) is 0. The van der Waals surface area contributed by atoms with Gasteiger partial charge in [0.15, 0.2) is 0 Å². The minimum Gasteiger partial charge on any atom is 4.00 e. The SMILES string of the molecule is CC(C)(C)C.[O]=[Al][O-].[O]=[Al][O-].[O]=[Al][O-].[O]=[Al][O-].[Zr+4]. The van der Waals surface area contributed by atoms with Gasteiger partial charge in [-0.3, -0.25) is 0 Å². The second-order valence-corrected chi connectivity index (χ2v) is 4.15. The first kappa shape index (κ1) is 36.6. The van der Waals surface area contributed by atoms with Crippen molar-refractivity contribution in [2.45, 2.75) is 27.7 Å². The van der Waals surface area contributed by atoms with Gasteiger partial charge in [-0.2, -0.15) is 0 Å². The molecular formula is C5H12Al4O8Zr. The summed E-state index contributed by atoms with van der Waals surface area (Å²) in [6.07, 6.45) is 0. The third-order valence-electron chi connectivity index (χ3n) is 0. The fourth-order valence-electron chi connectivity index (χ4n) is 0. The number of rotatable bonds is 0. The van der Waals surface area contributed by atoms with Crippen LogP contribution in [0.4, 0.5) is 0 Å². The van der Waals surface area contributed by atoms with Crippen molar-refractivity contribution in [2.24, 2.45) is 5.41 Å². The summed E-state index contributed by atoms with van der Waals surface area (Å²) < 4.78 is 67.7. The van der Waals surface area contributed by atoms with Crippen molar-refractivity contribution in [2.75, 3.05) is 0 Å². The van der Waals surface area contributed by atoms with Gasteiger partial charge in [0.05, 0.1) is 0 Å². The van der Waals surface area contributed by atoms with Crippen LogP contribution < -0.4 is 16.6 Å². The van der Waals surface area contributed by atoms with Crippen molar-refractivity contribution in [3.8, 4) is 0 Å². The van der Waals surface area contributed by atoms with Crippen LogP contribution in [0.25, 0.3) is 0 Å². The Bertz CT molecular complexity index is 134. The minimum absolute atomic E-state index is 0. The summed E-state index contributed by atoms with van der Waals surface area (Å²) in [6.45, 7) is 8.75. The maximum absolute atomic E-state index is 8.46. The van der Waals surface area contributed by atoms with Crippen LogP contribution in [0, 0.1) is 5.41 Å². The summed E-state index contributed by atoms with van der Waals surface area (Å²) >= 11 is -7.00. The van der Waals surface area contributed by atoms with E-state index in [-0.39, 0.29) is 26.2 Å². The van der Waals surface area contributed by atoms with Crippen molar-refractivity contribution in [1.29, 1.82) is 0 Å². The third kappa shape index (κ3) is 2350. The Balaban J connectivity index is -0.0000000252. The molecule has 0 aliphatic rings. The van der Waals surface area contributed by atoms with E-state index in [0.717, 1.165) is 0 Å². The van der Waals surface area contributed by atoms with Gasteiger partial charge in [-0.05, 0) is 5.41 Å². The average molecular weight is 399 g/mol. The molecule has 0 rings (SSSR count). The monoisotopic (exact) mass is 398 g/mol. The zero-order valence-electron chi connectivity index (χ0n) is 10.6.